The first kappa shape index (κ1) is 6.37. The summed E-state index contributed by atoms with van der Waals surface area (Å²) in [5.74, 6) is -0.620. The van der Waals surface area contributed by atoms with Crippen molar-refractivity contribution in [1.82, 2.24) is 5.43 Å². The summed E-state index contributed by atoms with van der Waals surface area (Å²) >= 11 is 1.05. The number of nitrogens with two attached hydrogens (primary N) is 2. The summed E-state index contributed by atoms with van der Waals surface area (Å²) in [4.78, 5) is 9.24. The zero-order valence-corrected chi connectivity index (χ0v) is 5.31. The van der Waals surface area contributed by atoms with Gasteiger partial charge < -0.3 is 5.73 Å². The lowest BCUT2D eigenvalue weighted by molar-refractivity contribution is -0.120. The minimum Gasteiger partial charge on any atom is -0.366 e. The van der Waals surface area contributed by atoms with Crippen LogP contribution in [0.3, 0.4) is 0 Å². The van der Waals surface area contributed by atoms with Gasteiger partial charge in [0.2, 0.25) is 4.99 Å². The van der Waals surface area contributed by atoms with E-state index in [0.717, 1.165) is 11.8 Å². The fourth-order valence-corrected chi connectivity index (χ4v) is 0.864. The lowest BCUT2D eigenvalue weighted by Gasteiger charge is -2.16. The predicted molar refractivity (Wildman–Crippen MR) is 35.3 cm³/mol. The molecule has 0 fully saturated rings. The molecule has 0 bridgehead atoms. The van der Waals surface area contributed by atoms with E-state index in [9.17, 15) is 4.79 Å². The topological polar surface area (TPSA) is 93.5 Å². The van der Waals surface area contributed by atoms with Gasteiger partial charge in [-0.2, -0.15) is 5.10 Å². The van der Waals surface area contributed by atoms with Crippen molar-refractivity contribution in [2.75, 3.05) is 0 Å². The number of nitrogens with zero attached hydrogens (tertiary/aromatic N) is 1. The number of thioether (sulfide) groups is 1. The van der Waals surface area contributed by atoms with Gasteiger partial charge in [-0.25, -0.2) is 0 Å². The van der Waals surface area contributed by atoms with Crippen LogP contribution in [0.15, 0.2) is 5.10 Å². The fraction of sp³-hybridized carbons (Fsp3) is 0.333. The number of amides is 1. The predicted octanol–water partition coefficient (Wildman–Crippen LogP) is -1.64. The van der Waals surface area contributed by atoms with Gasteiger partial charge >= 0.3 is 0 Å². The van der Waals surface area contributed by atoms with Crippen molar-refractivity contribution in [3.8, 4) is 0 Å². The summed E-state index contributed by atoms with van der Waals surface area (Å²) in [5.41, 5.74) is 14.1. The Labute approximate surface area is 55.8 Å². The smallest absolute Gasteiger partial charge is 0.270 e. The van der Waals surface area contributed by atoms with Gasteiger partial charge in [-0.3, -0.25) is 16.0 Å². The number of hydrogen-bond acceptors (Lipinski definition) is 5. The van der Waals surface area contributed by atoms with Crippen LogP contribution in [0.4, 0.5) is 0 Å². The van der Waals surface area contributed by atoms with Crippen molar-refractivity contribution in [1.29, 1.82) is 0 Å². The Morgan fingerprint density at radius 1 is 1.89 bits per heavy atom. The molecule has 6 heteroatoms. The number of carbonyl (C=O) groups excluding carboxylic acids is 1. The minimum absolute atomic E-state index is 0.620. The molecule has 0 saturated heterocycles. The Bertz CT molecular complexity index is 159. The summed E-state index contributed by atoms with van der Waals surface area (Å²) < 4.78 is 0. The molecule has 1 heterocycles. The number of hydrogen-bond donors (Lipinski definition) is 3. The van der Waals surface area contributed by atoms with Gasteiger partial charge in [-0.1, -0.05) is 11.8 Å². The summed E-state index contributed by atoms with van der Waals surface area (Å²) in [6.07, 6.45) is 0. The van der Waals surface area contributed by atoms with Gasteiger partial charge in [0.05, 0.1) is 5.55 Å². The number of rotatable bonds is 1. The third-order valence-corrected chi connectivity index (χ3v) is 1.76. The maximum atomic E-state index is 10.5. The second-order valence-corrected chi connectivity index (χ2v) is 2.65. The first-order valence-electron chi connectivity index (χ1n) is 2.20. The molecular formula is C3H6N4OS. The molecule has 0 radical (unpaired) electrons. The highest BCUT2D eigenvalue weighted by molar-refractivity contribution is 8.14. The third-order valence-electron chi connectivity index (χ3n) is 0.888. The molecule has 0 aromatic heterocycles. The van der Waals surface area contributed by atoms with E-state index in [2.05, 4.69) is 10.5 Å². The second-order valence-electron chi connectivity index (χ2n) is 1.56. The summed E-state index contributed by atoms with van der Waals surface area (Å²) in [6.45, 7) is 0. The Morgan fingerprint density at radius 2 is 2.56 bits per heavy atom. The first-order valence-corrected chi connectivity index (χ1v) is 3.08. The van der Waals surface area contributed by atoms with Gasteiger partial charge in [0.1, 0.15) is 0 Å². The molecule has 0 spiro atoms. The standard InChI is InChI=1S/C3H6N4OS/c4-2(8)3(5)7-6-1-9-3/h1,7H,5H2,(H2,4,8). The van der Waals surface area contributed by atoms with Crippen molar-refractivity contribution in [2.24, 2.45) is 16.6 Å². The monoisotopic (exact) mass is 146 g/mol. The van der Waals surface area contributed by atoms with Crippen LogP contribution in [0.2, 0.25) is 0 Å². The van der Waals surface area contributed by atoms with E-state index < -0.39 is 10.9 Å². The van der Waals surface area contributed by atoms with E-state index in [1.165, 1.54) is 5.55 Å². The van der Waals surface area contributed by atoms with Crippen molar-refractivity contribution in [2.45, 2.75) is 4.99 Å². The van der Waals surface area contributed by atoms with Crippen molar-refractivity contribution in [3.63, 3.8) is 0 Å². The van der Waals surface area contributed by atoms with Crippen molar-refractivity contribution >= 4 is 23.2 Å². The van der Waals surface area contributed by atoms with E-state index in [1.807, 2.05) is 0 Å². The molecule has 50 valence electrons. The molecule has 1 atom stereocenters. The molecular weight excluding hydrogens is 140 g/mol. The number of carbonyl (C=O) groups is 1. The second kappa shape index (κ2) is 1.89. The van der Waals surface area contributed by atoms with Crippen LogP contribution in [0.5, 0.6) is 0 Å². The SMILES string of the molecule is NC(=O)C1(N)NN=CS1. The summed E-state index contributed by atoms with van der Waals surface area (Å²) in [6, 6.07) is 0. The van der Waals surface area contributed by atoms with Gasteiger partial charge in [0.15, 0.2) is 0 Å². The maximum Gasteiger partial charge on any atom is 0.270 e. The summed E-state index contributed by atoms with van der Waals surface area (Å²) in [5, 5.41) is 3.52. The van der Waals surface area contributed by atoms with Gasteiger partial charge in [0, 0.05) is 0 Å². The largest absolute Gasteiger partial charge is 0.366 e. The highest BCUT2D eigenvalue weighted by Crippen LogP contribution is 2.17. The van der Waals surface area contributed by atoms with E-state index in [-0.39, 0.29) is 0 Å². The Balaban J connectivity index is 2.66. The summed E-state index contributed by atoms with van der Waals surface area (Å²) in [7, 11) is 0. The highest BCUT2D eigenvalue weighted by atomic mass is 32.2. The highest BCUT2D eigenvalue weighted by Gasteiger charge is 2.34. The van der Waals surface area contributed by atoms with Crippen LogP contribution < -0.4 is 16.9 Å². The van der Waals surface area contributed by atoms with Gasteiger partial charge in [-0.05, 0) is 0 Å². The van der Waals surface area contributed by atoms with E-state index >= 15 is 0 Å². The molecule has 5 N–H and O–H groups in total. The van der Waals surface area contributed by atoms with Crippen molar-refractivity contribution in [3.05, 3.63) is 0 Å². The number of primary amides is 1. The van der Waals surface area contributed by atoms with E-state index in [4.69, 9.17) is 11.5 Å². The molecule has 5 nitrogen and oxygen atoms in total. The molecule has 0 aliphatic carbocycles. The van der Waals surface area contributed by atoms with Gasteiger partial charge in [-0.15, -0.1) is 0 Å². The van der Waals surface area contributed by atoms with Crippen LogP contribution >= 0.6 is 11.8 Å². The molecule has 1 rings (SSSR count). The third kappa shape index (κ3) is 0.984. The Hall–Kier alpha value is -0.750. The lowest BCUT2D eigenvalue weighted by Crippen LogP contribution is -2.56. The van der Waals surface area contributed by atoms with Crippen molar-refractivity contribution < 1.29 is 4.79 Å². The molecule has 1 unspecified atom stereocenters. The molecule has 0 aromatic rings. The molecule has 1 aliphatic heterocycles. The first-order chi connectivity index (χ1) is 4.15. The normalized spacial score (nSPS) is 32.1. The molecule has 0 aromatic carbocycles. The quantitative estimate of drug-likeness (QED) is 0.413. The van der Waals surface area contributed by atoms with Crippen LogP contribution in [0.25, 0.3) is 0 Å². The average Bonchev–Trinajstić information content (AvgIpc) is 2.16. The zero-order valence-electron chi connectivity index (χ0n) is 4.50. The number of hydrazone groups is 1. The van der Waals surface area contributed by atoms with Gasteiger partial charge in [0.25, 0.3) is 5.91 Å². The number of nitrogens with one attached hydrogen (secondary N) is 1. The minimum atomic E-state index is -1.22. The fourth-order valence-electron chi connectivity index (χ4n) is 0.371. The maximum absolute atomic E-state index is 10.5. The van der Waals surface area contributed by atoms with E-state index in [0.29, 0.717) is 0 Å². The van der Waals surface area contributed by atoms with Crippen LogP contribution in [0.1, 0.15) is 0 Å². The lowest BCUT2D eigenvalue weighted by atomic mass is 10.5. The average molecular weight is 146 g/mol. The zero-order chi connectivity index (χ0) is 6.91. The van der Waals surface area contributed by atoms with E-state index in [1.54, 1.807) is 0 Å². The molecule has 0 saturated carbocycles. The molecule has 9 heavy (non-hydrogen) atoms. The molecule has 1 amide bonds. The van der Waals surface area contributed by atoms with Crippen LogP contribution in [-0.4, -0.2) is 16.4 Å². The van der Waals surface area contributed by atoms with Crippen LogP contribution in [-0.2, 0) is 4.79 Å². The Kier molecular flexibility index (Phi) is 1.34. The van der Waals surface area contributed by atoms with Crippen LogP contribution in [0, 0.1) is 0 Å². The molecule has 1 aliphatic rings. The Morgan fingerprint density at radius 3 is 2.78 bits per heavy atom.